The van der Waals surface area contributed by atoms with Crippen molar-refractivity contribution in [1.29, 1.82) is 0 Å². The maximum atomic E-state index is 10.1. The van der Waals surface area contributed by atoms with Gasteiger partial charge < -0.3 is 15.2 Å². The average molecular weight is 388 g/mol. The summed E-state index contributed by atoms with van der Waals surface area (Å²) < 4.78 is 6.37. The molecule has 2 aromatic carbocycles. The minimum atomic E-state index is -0.569. The fourth-order valence-electron chi connectivity index (χ4n) is 2.19. The van der Waals surface area contributed by atoms with Gasteiger partial charge in [0.1, 0.15) is 12.4 Å². The number of para-hydroxylation sites is 1. The molecule has 136 valence electrons. The zero-order valence-corrected chi connectivity index (χ0v) is 16.3. The van der Waals surface area contributed by atoms with Gasteiger partial charge in [-0.1, -0.05) is 47.4 Å². The van der Waals surface area contributed by atoms with E-state index < -0.39 is 6.10 Å². The Bertz CT molecular complexity index is 840. The van der Waals surface area contributed by atoms with Crippen molar-refractivity contribution < 1.29 is 9.84 Å². The number of rotatable bonds is 8. The third-order valence-electron chi connectivity index (χ3n) is 3.75. The van der Waals surface area contributed by atoms with Gasteiger partial charge in [0.15, 0.2) is 4.34 Å². The maximum Gasteiger partial charge on any atom is 0.210 e. The first-order valence-electron chi connectivity index (χ1n) is 8.26. The van der Waals surface area contributed by atoms with Crippen LogP contribution >= 0.6 is 23.1 Å². The zero-order chi connectivity index (χ0) is 18.4. The fraction of sp³-hybridized carbons (Fsp3) is 0.263. The maximum absolute atomic E-state index is 10.1. The number of hydrogen-bond acceptors (Lipinski definition) is 7. The number of thioether (sulfide) groups is 1. The Balaban J connectivity index is 1.46. The van der Waals surface area contributed by atoms with Crippen molar-refractivity contribution in [2.75, 3.05) is 17.7 Å². The van der Waals surface area contributed by atoms with Crippen molar-refractivity contribution in [3.8, 4) is 5.75 Å². The number of aryl methyl sites for hydroxylation is 2. The first-order valence-corrected chi connectivity index (χ1v) is 10.1. The first kappa shape index (κ1) is 18.7. The molecule has 0 amide bonds. The van der Waals surface area contributed by atoms with Crippen LogP contribution in [0.4, 0.5) is 10.8 Å². The Labute approximate surface area is 161 Å². The molecule has 1 atom stereocenters. The summed E-state index contributed by atoms with van der Waals surface area (Å²) in [6, 6.07) is 15.7. The summed E-state index contributed by atoms with van der Waals surface area (Å²) >= 11 is 2.95. The molecule has 0 aliphatic heterocycles. The van der Waals surface area contributed by atoms with E-state index in [2.05, 4.69) is 41.5 Å². The summed E-state index contributed by atoms with van der Waals surface area (Å²) in [5, 5.41) is 22.4. The number of aliphatic hydroxyl groups excluding tert-OH is 1. The van der Waals surface area contributed by atoms with Crippen molar-refractivity contribution in [3.63, 3.8) is 0 Å². The summed E-state index contributed by atoms with van der Waals surface area (Å²) in [7, 11) is 0. The molecule has 5 nitrogen and oxygen atoms in total. The molecule has 1 aromatic heterocycles. The number of nitrogens with one attached hydrogen (secondary N) is 1. The molecule has 3 aromatic rings. The third kappa shape index (κ3) is 5.45. The number of ether oxygens (including phenoxy) is 1. The van der Waals surface area contributed by atoms with Gasteiger partial charge in [-0.25, -0.2) is 0 Å². The molecule has 1 heterocycles. The summed E-state index contributed by atoms with van der Waals surface area (Å²) in [4.78, 5) is 0. The van der Waals surface area contributed by atoms with Crippen LogP contribution < -0.4 is 10.1 Å². The highest BCUT2D eigenvalue weighted by Gasteiger charge is 2.10. The molecule has 0 bridgehead atoms. The molecule has 0 aliphatic carbocycles. The average Bonchev–Trinajstić information content (AvgIpc) is 3.09. The number of benzene rings is 2. The van der Waals surface area contributed by atoms with E-state index in [0.717, 1.165) is 20.9 Å². The lowest BCUT2D eigenvalue weighted by atomic mass is 10.1. The molecular formula is C19H21N3O2S2. The number of aromatic nitrogens is 2. The number of hydrogen-bond donors (Lipinski definition) is 2. The number of nitrogens with zero attached hydrogens (tertiary/aromatic N) is 2. The standard InChI is InChI=1S/C19H21N3O2S2/c1-13-8-9-15(10-14(13)2)20-18-21-22-19(26-18)25-12-16(23)11-24-17-6-4-3-5-7-17/h3-10,16,23H,11-12H2,1-2H3,(H,20,21)/t16-/m1/s1. The molecule has 0 radical (unpaired) electrons. The van der Waals surface area contributed by atoms with Crippen molar-refractivity contribution in [1.82, 2.24) is 10.2 Å². The molecule has 2 N–H and O–H groups in total. The number of aliphatic hydroxyl groups is 1. The zero-order valence-electron chi connectivity index (χ0n) is 14.7. The predicted molar refractivity (Wildman–Crippen MR) is 108 cm³/mol. The summed E-state index contributed by atoms with van der Waals surface area (Å²) in [6.07, 6.45) is -0.569. The third-order valence-corrected chi connectivity index (χ3v) is 5.87. The van der Waals surface area contributed by atoms with Gasteiger partial charge in [0.2, 0.25) is 5.13 Å². The van der Waals surface area contributed by atoms with E-state index in [1.54, 1.807) is 0 Å². The van der Waals surface area contributed by atoms with E-state index >= 15 is 0 Å². The van der Waals surface area contributed by atoms with Crippen LogP contribution in [0.25, 0.3) is 0 Å². The normalized spacial score (nSPS) is 12.0. The second-order valence-electron chi connectivity index (χ2n) is 5.89. The Morgan fingerprint density at radius 3 is 2.69 bits per heavy atom. The Morgan fingerprint density at radius 2 is 1.92 bits per heavy atom. The summed E-state index contributed by atoms with van der Waals surface area (Å²) in [5.74, 6) is 1.26. The lowest BCUT2D eigenvalue weighted by Crippen LogP contribution is -2.19. The largest absolute Gasteiger partial charge is 0.491 e. The van der Waals surface area contributed by atoms with Gasteiger partial charge in [-0.05, 0) is 49.2 Å². The van der Waals surface area contributed by atoms with E-state index in [1.165, 1.54) is 34.2 Å². The Morgan fingerprint density at radius 1 is 1.12 bits per heavy atom. The second kappa shape index (κ2) is 9.02. The highest BCUT2D eigenvalue weighted by Crippen LogP contribution is 2.28. The molecule has 0 spiro atoms. The molecule has 7 heteroatoms. The molecule has 26 heavy (non-hydrogen) atoms. The fourth-order valence-corrected chi connectivity index (χ4v) is 3.89. The number of anilines is 2. The molecule has 0 unspecified atom stereocenters. The van der Waals surface area contributed by atoms with Crippen LogP contribution in [0.1, 0.15) is 11.1 Å². The van der Waals surface area contributed by atoms with Crippen LogP contribution in [0.3, 0.4) is 0 Å². The SMILES string of the molecule is Cc1ccc(Nc2nnc(SC[C@H](O)COc3ccccc3)s2)cc1C. The first-order chi connectivity index (χ1) is 12.6. The minimum Gasteiger partial charge on any atom is -0.491 e. The second-order valence-corrected chi connectivity index (χ2v) is 8.13. The van der Waals surface area contributed by atoms with Gasteiger partial charge in [0.05, 0.1) is 6.10 Å². The van der Waals surface area contributed by atoms with Gasteiger partial charge in [-0.15, -0.1) is 10.2 Å². The lowest BCUT2D eigenvalue weighted by molar-refractivity contribution is 0.126. The molecule has 0 saturated heterocycles. The van der Waals surface area contributed by atoms with Gasteiger partial charge in [0.25, 0.3) is 0 Å². The molecular weight excluding hydrogens is 366 g/mol. The van der Waals surface area contributed by atoms with E-state index in [1.807, 2.05) is 36.4 Å². The van der Waals surface area contributed by atoms with Crippen LogP contribution in [-0.4, -0.2) is 33.8 Å². The molecule has 3 rings (SSSR count). The Hall–Kier alpha value is -2.09. The van der Waals surface area contributed by atoms with Crippen molar-refractivity contribution in [2.45, 2.75) is 24.3 Å². The topological polar surface area (TPSA) is 67.3 Å². The van der Waals surface area contributed by atoms with Crippen molar-refractivity contribution >= 4 is 33.9 Å². The van der Waals surface area contributed by atoms with Crippen LogP contribution in [0.15, 0.2) is 52.9 Å². The van der Waals surface area contributed by atoms with Crippen LogP contribution in [0.2, 0.25) is 0 Å². The smallest absolute Gasteiger partial charge is 0.210 e. The van der Waals surface area contributed by atoms with Crippen molar-refractivity contribution in [2.24, 2.45) is 0 Å². The molecule has 0 saturated carbocycles. The molecule has 0 fully saturated rings. The van der Waals surface area contributed by atoms with Crippen molar-refractivity contribution in [3.05, 3.63) is 59.7 Å². The van der Waals surface area contributed by atoms with Gasteiger partial charge in [-0.3, -0.25) is 0 Å². The highest BCUT2D eigenvalue weighted by atomic mass is 32.2. The van der Waals surface area contributed by atoms with Crippen LogP contribution in [-0.2, 0) is 0 Å². The van der Waals surface area contributed by atoms with Crippen LogP contribution in [0, 0.1) is 13.8 Å². The van der Waals surface area contributed by atoms with Crippen LogP contribution in [0.5, 0.6) is 5.75 Å². The predicted octanol–water partition coefficient (Wildman–Crippen LogP) is 4.43. The highest BCUT2D eigenvalue weighted by molar-refractivity contribution is 8.01. The monoisotopic (exact) mass is 387 g/mol. The van der Waals surface area contributed by atoms with E-state index in [9.17, 15) is 5.11 Å². The van der Waals surface area contributed by atoms with E-state index in [-0.39, 0.29) is 6.61 Å². The molecule has 0 aliphatic rings. The van der Waals surface area contributed by atoms with E-state index in [4.69, 9.17) is 4.74 Å². The quantitative estimate of drug-likeness (QED) is 0.557. The minimum absolute atomic E-state index is 0.254. The van der Waals surface area contributed by atoms with Gasteiger partial charge in [-0.2, -0.15) is 0 Å². The van der Waals surface area contributed by atoms with Gasteiger partial charge in [0, 0.05) is 11.4 Å². The Kier molecular flexibility index (Phi) is 6.49. The lowest BCUT2D eigenvalue weighted by Gasteiger charge is -2.10. The summed E-state index contributed by atoms with van der Waals surface area (Å²) in [6.45, 7) is 4.43. The van der Waals surface area contributed by atoms with Gasteiger partial charge >= 0.3 is 0 Å². The van der Waals surface area contributed by atoms with E-state index in [0.29, 0.717) is 5.75 Å². The summed E-state index contributed by atoms with van der Waals surface area (Å²) in [5.41, 5.74) is 3.49.